The first-order valence-electron chi connectivity index (χ1n) is 9.73. The van der Waals surface area contributed by atoms with Crippen molar-refractivity contribution in [2.75, 3.05) is 7.11 Å². The van der Waals surface area contributed by atoms with Gasteiger partial charge in [-0.25, -0.2) is 0 Å². The van der Waals surface area contributed by atoms with E-state index in [2.05, 4.69) is 0 Å². The van der Waals surface area contributed by atoms with Gasteiger partial charge in [0.25, 0.3) is 0 Å². The largest absolute Gasteiger partial charge is 0.469 e. The van der Waals surface area contributed by atoms with Crippen LogP contribution in [0.2, 0.25) is 0 Å². The fourth-order valence-corrected chi connectivity index (χ4v) is 4.33. The molecule has 0 aliphatic carbocycles. The zero-order valence-corrected chi connectivity index (χ0v) is 17.0. The van der Waals surface area contributed by atoms with E-state index in [0.29, 0.717) is 13.0 Å². The summed E-state index contributed by atoms with van der Waals surface area (Å²) in [5.41, 5.74) is 1.88. The quantitative estimate of drug-likeness (QED) is 0.686. The van der Waals surface area contributed by atoms with Crippen LogP contribution in [0.5, 0.6) is 0 Å². The molecule has 0 saturated carbocycles. The van der Waals surface area contributed by atoms with Gasteiger partial charge in [0.1, 0.15) is 30.3 Å². The molecule has 4 rings (SSSR count). The first-order valence-corrected chi connectivity index (χ1v) is 9.73. The number of fused-ring (bicyclic) bond motifs is 4. The molecule has 3 aliphatic heterocycles. The molecule has 3 aliphatic rings. The monoisotopic (exact) mass is 406 g/mol. The van der Waals surface area contributed by atoms with E-state index in [-0.39, 0.29) is 0 Å². The Morgan fingerprint density at radius 1 is 1.07 bits per heavy atom. The van der Waals surface area contributed by atoms with E-state index in [1.165, 1.54) is 14.0 Å². The smallest absolute Gasteiger partial charge is 0.312 e. The maximum atomic E-state index is 12.7. The summed E-state index contributed by atoms with van der Waals surface area (Å²) in [5, 5.41) is 0. The number of rotatable bonds is 2. The van der Waals surface area contributed by atoms with E-state index < -0.39 is 54.3 Å². The molecule has 0 radical (unpaired) electrons. The maximum Gasteiger partial charge on any atom is 0.312 e. The van der Waals surface area contributed by atoms with Crippen molar-refractivity contribution in [2.45, 2.75) is 70.3 Å². The molecule has 0 unspecified atom stereocenters. The first-order chi connectivity index (χ1) is 13.8. The third-order valence-corrected chi connectivity index (χ3v) is 5.54. The standard InChI is InChI=1S/C21H26O8/c1-11(22)26-15-14(19(23)24-4)9-12-7-5-6-8-13(12)10-25-16-17(15)27-20-18(16)28-21(2,3)29-20/h5-8,14-18,20H,9-10H2,1-4H3/t14-,15+,16-,17-,18-,20-/m1/s1. The van der Waals surface area contributed by atoms with Gasteiger partial charge in [-0.3, -0.25) is 9.59 Å². The first kappa shape index (κ1) is 20.3. The second-order valence-electron chi connectivity index (χ2n) is 8.02. The second-order valence-corrected chi connectivity index (χ2v) is 8.02. The predicted octanol–water partition coefficient (Wildman–Crippen LogP) is 1.73. The van der Waals surface area contributed by atoms with Crippen LogP contribution in [-0.4, -0.2) is 55.5 Å². The second kappa shape index (κ2) is 7.68. The van der Waals surface area contributed by atoms with Crippen molar-refractivity contribution in [3.05, 3.63) is 35.4 Å². The molecule has 6 atom stereocenters. The van der Waals surface area contributed by atoms with Gasteiger partial charge in [-0.2, -0.15) is 0 Å². The lowest BCUT2D eigenvalue weighted by atomic mass is 9.88. The Kier molecular flexibility index (Phi) is 5.37. The lowest BCUT2D eigenvalue weighted by Crippen LogP contribution is -2.49. The highest BCUT2D eigenvalue weighted by Crippen LogP contribution is 2.42. The number of benzene rings is 1. The number of ether oxygens (including phenoxy) is 6. The molecule has 0 amide bonds. The number of carbonyl (C=O) groups excluding carboxylic acids is 2. The Hall–Kier alpha value is -2.00. The molecule has 3 heterocycles. The molecule has 1 aromatic rings. The van der Waals surface area contributed by atoms with Crippen LogP contribution >= 0.6 is 0 Å². The molecule has 0 bridgehead atoms. The third-order valence-electron chi connectivity index (χ3n) is 5.54. The molecular formula is C21H26O8. The SMILES string of the molecule is COC(=O)[C@@H]1Cc2ccccc2CO[C@@H]2[C@H](O[C@@H]3OC(C)(C)O[C@@H]32)[C@H]1OC(C)=O. The van der Waals surface area contributed by atoms with Gasteiger partial charge < -0.3 is 28.4 Å². The van der Waals surface area contributed by atoms with Crippen LogP contribution in [0, 0.1) is 5.92 Å². The normalized spacial score (nSPS) is 35.3. The van der Waals surface area contributed by atoms with E-state index in [1.807, 2.05) is 24.3 Å². The molecule has 0 aromatic heterocycles. The Balaban J connectivity index is 1.75. The summed E-state index contributed by atoms with van der Waals surface area (Å²) in [5.74, 6) is -2.57. The van der Waals surface area contributed by atoms with Crippen LogP contribution in [0.4, 0.5) is 0 Å². The van der Waals surface area contributed by atoms with Crippen molar-refractivity contribution in [1.29, 1.82) is 0 Å². The average molecular weight is 406 g/mol. The zero-order chi connectivity index (χ0) is 20.8. The third kappa shape index (κ3) is 3.90. The lowest BCUT2D eigenvalue weighted by Gasteiger charge is -2.32. The number of esters is 2. The van der Waals surface area contributed by atoms with Crippen LogP contribution < -0.4 is 0 Å². The van der Waals surface area contributed by atoms with E-state index in [4.69, 9.17) is 28.4 Å². The molecule has 8 heteroatoms. The van der Waals surface area contributed by atoms with Crippen LogP contribution in [0.1, 0.15) is 31.9 Å². The summed E-state index contributed by atoms with van der Waals surface area (Å²) >= 11 is 0. The predicted molar refractivity (Wildman–Crippen MR) is 98.5 cm³/mol. The Bertz CT molecular complexity index is 791. The number of methoxy groups -OCH3 is 1. The molecule has 0 spiro atoms. The summed E-state index contributed by atoms with van der Waals surface area (Å²) in [4.78, 5) is 24.6. The topological polar surface area (TPSA) is 89.5 Å². The van der Waals surface area contributed by atoms with Crippen molar-refractivity contribution in [1.82, 2.24) is 0 Å². The van der Waals surface area contributed by atoms with Crippen molar-refractivity contribution in [2.24, 2.45) is 5.92 Å². The summed E-state index contributed by atoms with van der Waals surface area (Å²) in [6.07, 6.45) is -3.06. The minimum Gasteiger partial charge on any atom is -0.469 e. The summed E-state index contributed by atoms with van der Waals surface area (Å²) < 4.78 is 34.8. The Labute approximate surface area is 169 Å². The fourth-order valence-electron chi connectivity index (χ4n) is 4.33. The highest BCUT2D eigenvalue weighted by molar-refractivity contribution is 5.75. The van der Waals surface area contributed by atoms with Crippen molar-refractivity contribution in [3.8, 4) is 0 Å². The minimum atomic E-state index is -0.906. The molecule has 8 nitrogen and oxygen atoms in total. The van der Waals surface area contributed by atoms with Crippen molar-refractivity contribution < 1.29 is 38.0 Å². The molecule has 1 aromatic carbocycles. The molecule has 158 valence electrons. The Morgan fingerprint density at radius 3 is 2.48 bits per heavy atom. The zero-order valence-electron chi connectivity index (χ0n) is 17.0. The molecule has 2 fully saturated rings. The van der Waals surface area contributed by atoms with Gasteiger partial charge >= 0.3 is 11.9 Å². The summed E-state index contributed by atoms with van der Waals surface area (Å²) in [7, 11) is 1.32. The van der Waals surface area contributed by atoms with Crippen molar-refractivity contribution >= 4 is 11.9 Å². The summed E-state index contributed by atoms with van der Waals surface area (Å²) in [6.45, 7) is 5.22. The van der Waals surface area contributed by atoms with Crippen LogP contribution in [0.25, 0.3) is 0 Å². The fraction of sp³-hybridized carbons (Fsp3) is 0.619. The highest BCUT2D eigenvalue weighted by atomic mass is 16.8. The number of hydrogen-bond donors (Lipinski definition) is 0. The minimum absolute atomic E-state index is 0.314. The van der Waals surface area contributed by atoms with Gasteiger partial charge in [0, 0.05) is 6.92 Å². The Morgan fingerprint density at radius 2 is 1.79 bits per heavy atom. The highest BCUT2D eigenvalue weighted by Gasteiger charge is 2.59. The van der Waals surface area contributed by atoms with E-state index in [9.17, 15) is 9.59 Å². The van der Waals surface area contributed by atoms with Gasteiger partial charge in [0.2, 0.25) is 0 Å². The maximum absolute atomic E-state index is 12.7. The molecule has 0 N–H and O–H groups in total. The van der Waals surface area contributed by atoms with Gasteiger partial charge in [-0.15, -0.1) is 0 Å². The van der Waals surface area contributed by atoms with Crippen LogP contribution in [0.15, 0.2) is 24.3 Å². The van der Waals surface area contributed by atoms with Crippen molar-refractivity contribution in [3.63, 3.8) is 0 Å². The van der Waals surface area contributed by atoms with E-state index in [0.717, 1.165) is 11.1 Å². The number of carbonyl (C=O) groups is 2. The lowest BCUT2D eigenvalue weighted by molar-refractivity contribution is -0.237. The molecule has 2 saturated heterocycles. The van der Waals surface area contributed by atoms with E-state index >= 15 is 0 Å². The van der Waals surface area contributed by atoms with Gasteiger partial charge in [-0.1, -0.05) is 24.3 Å². The summed E-state index contributed by atoms with van der Waals surface area (Å²) in [6, 6.07) is 7.70. The van der Waals surface area contributed by atoms with Crippen LogP contribution in [-0.2, 0) is 51.0 Å². The van der Waals surface area contributed by atoms with Gasteiger partial charge in [0.15, 0.2) is 12.1 Å². The molecular weight excluding hydrogens is 380 g/mol. The molecule has 29 heavy (non-hydrogen) atoms. The van der Waals surface area contributed by atoms with Gasteiger partial charge in [-0.05, 0) is 31.4 Å². The van der Waals surface area contributed by atoms with E-state index in [1.54, 1.807) is 13.8 Å². The van der Waals surface area contributed by atoms with Gasteiger partial charge in [0.05, 0.1) is 13.7 Å². The number of hydrogen-bond acceptors (Lipinski definition) is 8. The van der Waals surface area contributed by atoms with Crippen LogP contribution in [0.3, 0.4) is 0 Å². The average Bonchev–Trinajstić information content (AvgIpc) is 3.15.